The molecule has 0 unspecified atom stereocenters. The average molecular weight is 332 g/mol. The topological polar surface area (TPSA) is 21.3 Å². The Balaban J connectivity index is 1.78. The van der Waals surface area contributed by atoms with Crippen molar-refractivity contribution in [1.82, 2.24) is 5.32 Å². The average Bonchev–Trinajstić information content (AvgIpc) is 3.25. The molecule has 1 saturated carbocycles. The first-order valence-electron chi connectivity index (χ1n) is 6.97. The molecule has 1 aliphatic rings. The number of aryl methyl sites for hydroxylation is 1. The maximum atomic E-state index is 6.06. The predicted molar refractivity (Wildman–Crippen MR) is 85.3 cm³/mol. The molecule has 2 aromatic rings. The molecule has 0 aromatic heterocycles. The Morgan fingerprint density at radius 1 is 1.15 bits per heavy atom. The van der Waals surface area contributed by atoms with Gasteiger partial charge in [0.1, 0.15) is 11.5 Å². The van der Waals surface area contributed by atoms with Gasteiger partial charge in [-0.1, -0.05) is 24.3 Å². The summed E-state index contributed by atoms with van der Waals surface area (Å²) in [6.45, 7) is 2.94. The highest BCUT2D eigenvalue weighted by atomic mass is 79.9. The van der Waals surface area contributed by atoms with Crippen molar-refractivity contribution >= 4 is 15.9 Å². The van der Waals surface area contributed by atoms with Crippen LogP contribution in [0.3, 0.4) is 0 Å². The van der Waals surface area contributed by atoms with Crippen molar-refractivity contribution in [3.05, 3.63) is 58.1 Å². The molecule has 0 spiro atoms. The van der Waals surface area contributed by atoms with Crippen molar-refractivity contribution in [2.75, 3.05) is 0 Å². The van der Waals surface area contributed by atoms with Crippen molar-refractivity contribution in [3.8, 4) is 11.5 Å². The fourth-order valence-electron chi connectivity index (χ4n) is 2.10. The lowest BCUT2D eigenvalue weighted by atomic mass is 10.2. The van der Waals surface area contributed by atoms with Gasteiger partial charge in [0, 0.05) is 18.2 Å². The van der Waals surface area contributed by atoms with Crippen LogP contribution in [0.1, 0.15) is 24.0 Å². The van der Waals surface area contributed by atoms with Gasteiger partial charge in [-0.25, -0.2) is 0 Å². The molecule has 0 saturated heterocycles. The minimum Gasteiger partial charge on any atom is -0.456 e. The lowest BCUT2D eigenvalue weighted by molar-refractivity contribution is 0.469. The Kier molecular flexibility index (Phi) is 4.08. The van der Waals surface area contributed by atoms with Gasteiger partial charge in [-0.15, -0.1) is 0 Å². The van der Waals surface area contributed by atoms with Crippen LogP contribution in [0.15, 0.2) is 46.9 Å². The first-order chi connectivity index (χ1) is 9.72. The van der Waals surface area contributed by atoms with Crippen LogP contribution < -0.4 is 10.1 Å². The van der Waals surface area contributed by atoms with Crippen LogP contribution in [0.4, 0.5) is 0 Å². The summed E-state index contributed by atoms with van der Waals surface area (Å²) < 4.78 is 7.05. The van der Waals surface area contributed by atoms with E-state index < -0.39 is 0 Å². The summed E-state index contributed by atoms with van der Waals surface area (Å²) in [5.41, 5.74) is 2.42. The van der Waals surface area contributed by atoms with Crippen LogP contribution in [0, 0.1) is 6.92 Å². The van der Waals surface area contributed by atoms with Crippen LogP contribution >= 0.6 is 15.9 Å². The molecule has 1 fully saturated rings. The van der Waals surface area contributed by atoms with Gasteiger partial charge in [0.25, 0.3) is 0 Å². The second-order valence-corrected chi connectivity index (χ2v) is 6.15. The first kappa shape index (κ1) is 13.7. The third kappa shape index (κ3) is 3.41. The zero-order chi connectivity index (χ0) is 13.9. The van der Waals surface area contributed by atoms with E-state index in [-0.39, 0.29) is 0 Å². The molecule has 2 nitrogen and oxygen atoms in total. The second kappa shape index (κ2) is 5.98. The van der Waals surface area contributed by atoms with Gasteiger partial charge in [0.15, 0.2) is 0 Å². The van der Waals surface area contributed by atoms with E-state index >= 15 is 0 Å². The van der Waals surface area contributed by atoms with Crippen LogP contribution in [0.2, 0.25) is 0 Å². The number of rotatable bonds is 5. The highest BCUT2D eigenvalue weighted by molar-refractivity contribution is 9.10. The normalized spacial score (nSPS) is 14.3. The molecule has 0 radical (unpaired) electrons. The Morgan fingerprint density at radius 3 is 2.70 bits per heavy atom. The van der Waals surface area contributed by atoms with Crippen molar-refractivity contribution in [3.63, 3.8) is 0 Å². The molecule has 0 bridgehead atoms. The molecule has 104 valence electrons. The van der Waals surface area contributed by atoms with Crippen LogP contribution in [-0.2, 0) is 6.54 Å². The molecule has 0 amide bonds. The summed E-state index contributed by atoms with van der Waals surface area (Å²) in [6, 6.07) is 15.0. The van der Waals surface area contributed by atoms with E-state index in [0.717, 1.165) is 22.5 Å². The standard InChI is InChI=1S/C17H18BrNO/c1-12-6-9-17(15(18)10-12)20-16-5-3-2-4-13(16)11-19-14-7-8-14/h2-6,9-10,14,19H,7-8,11H2,1H3. The van der Waals surface area contributed by atoms with Crippen molar-refractivity contribution in [2.45, 2.75) is 32.4 Å². The Morgan fingerprint density at radius 2 is 1.95 bits per heavy atom. The van der Waals surface area contributed by atoms with E-state index in [2.05, 4.69) is 52.4 Å². The van der Waals surface area contributed by atoms with E-state index in [4.69, 9.17) is 4.74 Å². The fraction of sp³-hybridized carbons (Fsp3) is 0.294. The van der Waals surface area contributed by atoms with Crippen molar-refractivity contribution < 1.29 is 4.74 Å². The number of ether oxygens (including phenoxy) is 1. The van der Waals surface area contributed by atoms with Crippen LogP contribution in [-0.4, -0.2) is 6.04 Å². The van der Waals surface area contributed by atoms with Gasteiger partial charge in [-0.05, 0) is 59.5 Å². The van der Waals surface area contributed by atoms with E-state index in [0.29, 0.717) is 6.04 Å². The van der Waals surface area contributed by atoms with Crippen molar-refractivity contribution in [2.24, 2.45) is 0 Å². The van der Waals surface area contributed by atoms with Gasteiger partial charge in [0.05, 0.1) is 4.47 Å². The number of benzene rings is 2. The maximum absolute atomic E-state index is 6.06. The lowest BCUT2D eigenvalue weighted by Gasteiger charge is -2.13. The van der Waals surface area contributed by atoms with Crippen LogP contribution in [0.25, 0.3) is 0 Å². The smallest absolute Gasteiger partial charge is 0.141 e. The number of hydrogen-bond donors (Lipinski definition) is 1. The van der Waals surface area contributed by atoms with E-state index in [1.807, 2.05) is 18.2 Å². The largest absolute Gasteiger partial charge is 0.456 e. The molecule has 20 heavy (non-hydrogen) atoms. The summed E-state index contributed by atoms with van der Waals surface area (Å²) in [6.07, 6.45) is 2.60. The predicted octanol–water partition coefficient (Wildman–Crippen LogP) is 4.80. The summed E-state index contributed by atoms with van der Waals surface area (Å²) in [5, 5.41) is 3.53. The minimum absolute atomic E-state index is 0.703. The van der Waals surface area contributed by atoms with Gasteiger partial charge in [-0.2, -0.15) is 0 Å². The SMILES string of the molecule is Cc1ccc(Oc2ccccc2CNC2CC2)c(Br)c1. The zero-order valence-electron chi connectivity index (χ0n) is 11.5. The molecule has 0 heterocycles. The first-order valence-corrected chi connectivity index (χ1v) is 7.77. The molecule has 0 aliphatic heterocycles. The number of nitrogens with one attached hydrogen (secondary N) is 1. The fourth-order valence-corrected chi connectivity index (χ4v) is 2.67. The third-order valence-electron chi connectivity index (χ3n) is 3.44. The third-order valence-corrected chi connectivity index (χ3v) is 4.06. The van der Waals surface area contributed by atoms with Gasteiger partial charge < -0.3 is 10.1 Å². The highest BCUT2D eigenvalue weighted by Crippen LogP contribution is 2.32. The van der Waals surface area contributed by atoms with E-state index in [9.17, 15) is 0 Å². The molecule has 3 heteroatoms. The summed E-state index contributed by atoms with van der Waals surface area (Å²) >= 11 is 3.56. The minimum atomic E-state index is 0.703. The quantitative estimate of drug-likeness (QED) is 0.849. The Hall–Kier alpha value is -1.32. The van der Waals surface area contributed by atoms with E-state index in [1.54, 1.807) is 0 Å². The van der Waals surface area contributed by atoms with Gasteiger partial charge >= 0.3 is 0 Å². The second-order valence-electron chi connectivity index (χ2n) is 5.30. The molecule has 0 atom stereocenters. The lowest BCUT2D eigenvalue weighted by Crippen LogP contribution is -2.15. The number of para-hydroxylation sites is 1. The molecular weight excluding hydrogens is 314 g/mol. The molecule has 1 aliphatic carbocycles. The van der Waals surface area contributed by atoms with Crippen molar-refractivity contribution in [1.29, 1.82) is 0 Å². The zero-order valence-corrected chi connectivity index (χ0v) is 13.1. The summed E-state index contributed by atoms with van der Waals surface area (Å²) in [4.78, 5) is 0. The summed E-state index contributed by atoms with van der Waals surface area (Å²) in [5.74, 6) is 1.78. The van der Waals surface area contributed by atoms with E-state index in [1.165, 1.54) is 24.0 Å². The Labute approximate surface area is 128 Å². The van der Waals surface area contributed by atoms with Crippen LogP contribution in [0.5, 0.6) is 11.5 Å². The maximum Gasteiger partial charge on any atom is 0.141 e. The Bertz CT molecular complexity index is 608. The molecule has 1 N–H and O–H groups in total. The molecule has 3 rings (SSSR count). The van der Waals surface area contributed by atoms with Gasteiger partial charge in [-0.3, -0.25) is 0 Å². The molecule has 2 aromatic carbocycles. The molecular formula is C17H18BrNO. The summed E-state index contributed by atoms with van der Waals surface area (Å²) in [7, 11) is 0. The number of halogens is 1. The highest BCUT2D eigenvalue weighted by Gasteiger charge is 2.20. The monoisotopic (exact) mass is 331 g/mol. The van der Waals surface area contributed by atoms with Gasteiger partial charge in [0.2, 0.25) is 0 Å². The number of hydrogen-bond acceptors (Lipinski definition) is 2.